The number of benzene rings is 2. The zero-order valence-corrected chi connectivity index (χ0v) is 16.4. The molecule has 4 nitrogen and oxygen atoms in total. The Balaban J connectivity index is 2.72. The summed E-state index contributed by atoms with van der Waals surface area (Å²) in [7, 11) is 0. The van der Waals surface area contributed by atoms with Crippen molar-refractivity contribution in [3.63, 3.8) is 0 Å². The summed E-state index contributed by atoms with van der Waals surface area (Å²) in [6, 6.07) is 2.06. The van der Waals surface area contributed by atoms with Crippen LogP contribution in [0.1, 0.15) is 32.6 Å². The maximum atomic E-state index is 14.3. The van der Waals surface area contributed by atoms with Crippen molar-refractivity contribution in [3.05, 3.63) is 57.9 Å². The number of carbonyl (C=O) groups excluding carboxylic acids is 1. The van der Waals surface area contributed by atoms with Crippen molar-refractivity contribution in [2.45, 2.75) is 31.1 Å². The van der Waals surface area contributed by atoms with Gasteiger partial charge in [0.1, 0.15) is 6.07 Å². The highest BCUT2D eigenvalue weighted by Gasteiger charge is 2.73. The predicted molar refractivity (Wildman–Crippen MR) is 94.6 cm³/mol. The van der Waals surface area contributed by atoms with Crippen LogP contribution in [0.3, 0.4) is 0 Å². The molecule has 0 aliphatic heterocycles. The molecule has 0 bridgehead atoms. The minimum absolute atomic E-state index is 0.171. The van der Waals surface area contributed by atoms with Gasteiger partial charge in [-0.15, -0.1) is 0 Å². The van der Waals surface area contributed by atoms with Crippen molar-refractivity contribution < 1.29 is 53.1 Å². The minimum atomic E-state index is -6.69. The van der Waals surface area contributed by atoms with E-state index in [4.69, 9.17) is 11.0 Å². The first-order valence-electron chi connectivity index (χ1n) is 8.61. The average molecular weight is 505 g/mol. The first kappa shape index (κ1) is 26.7. The second-order valence-electron chi connectivity index (χ2n) is 6.82. The lowest BCUT2D eigenvalue weighted by molar-refractivity contribution is -0.348. The first-order chi connectivity index (χ1) is 15.3. The number of nitrogens with two attached hydrogens (primary N) is 1. The van der Waals surface area contributed by atoms with Crippen LogP contribution < -0.4 is 11.1 Å². The van der Waals surface area contributed by atoms with Gasteiger partial charge < -0.3 is 11.1 Å². The molecule has 0 atom stereocenters. The highest BCUT2D eigenvalue weighted by molar-refractivity contribution is 6.06. The summed E-state index contributed by atoms with van der Waals surface area (Å²) in [4.78, 5) is 12.3. The second-order valence-corrected chi connectivity index (χ2v) is 6.82. The number of nitrogen functional groups attached to an aromatic ring is 1. The standard InChI is InChI=1S/C19H10F11N3O/c1-7-4-9(16(21,18(25,26)27)19(28,29)30)5-11(17(22,23)24)14(7)33-15(34)10-3-2-8(6-31)13(32)12(10)20/h2-5H,32H2,1H3,(H,33,34). The topological polar surface area (TPSA) is 78.9 Å². The van der Waals surface area contributed by atoms with E-state index in [1.807, 2.05) is 0 Å². The third-order valence-corrected chi connectivity index (χ3v) is 4.60. The van der Waals surface area contributed by atoms with Crippen LogP contribution in [0.15, 0.2) is 24.3 Å². The van der Waals surface area contributed by atoms with Crippen molar-refractivity contribution in [3.8, 4) is 6.07 Å². The maximum absolute atomic E-state index is 14.3. The molecule has 0 radical (unpaired) electrons. The van der Waals surface area contributed by atoms with Crippen LogP contribution in [-0.4, -0.2) is 18.3 Å². The zero-order chi connectivity index (χ0) is 26.4. The molecule has 184 valence electrons. The fourth-order valence-corrected chi connectivity index (χ4v) is 2.91. The van der Waals surface area contributed by atoms with E-state index in [9.17, 15) is 53.1 Å². The van der Waals surface area contributed by atoms with Crippen LogP contribution in [0, 0.1) is 24.1 Å². The van der Waals surface area contributed by atoms with Crippen molar-refractivity contribution in [1.82, 2.24) is 0 Å². The molecule has 3 N–H and O–H groups in total. The molecule has 2 aromatic rings. The molecule has 0 saturated heterocycles. The molecule has 2 rings (SSSR count). The SMILES string of the molecule is Cc1cc(C(F)(C(F)(F)F)C(F)(F)F)cc(C(F)(F)F)c1NC(=O)c1ccc(C#N)c(N)c1F. The van der Waals surface area contributed by atoms with Crippen LogP contribution in [0.5, 0.6) is 0 Å². The largest absolute Gasteiger partial charge is 0.435 e. The Hall–Kier alpha value is -3.57. The molecule has 15 heteroatoms. The molecule has 0 unspecified atom stereocenters. The molecule has 0 aliphatic rings. The highest BCUT2D eigenvalue weighted by Crippen LogP contribution is 2.54. The number of anilines is 2. The number of halogens is 11. The summed E-state index contributed by atoms with van der Waals surface area (Å²) in [6.07, 6.45) is -19.0. The van der Waals surface area contributed by atoms with Gasteiger partial charge in [0.2, 0.25) is 0 Å². The van der Waals surface area contributed by atoms with Crippen molar-refractivity contribution in [2.75, 3.05) is 11.1 Å². The summed E-state index contributed by atoms with van der Waals surface area (Å²) in [5.41, 5.74) is -10.2. The van der Waals surface area contributed by atoms with Gasteiger partial charge in [0.05, 0.1) is 28.1 Å². The predicted octanol–water partition coefficient (Wildman–Crippen LogP) is 6.15. The molecule has 2 aromatic carbocycles. The lowest BCUT2D eigenvalue weighted by atomic mass is 9.90. The van der Waals surface area contributed by atoms with Gasteiger partial charge in [-0.05, 0) is 30.7 Å². The fraction of sp³-hybridized carbons (Fsp3) is 0.263. The maximum Gasteiger partial charge on any atom is 0.435 e. The summed E-state index contributed by atoms with van der Waals surface area (Å²) < 4.78 is 147. The lowest BCUT2D eigenvalue weighted by Crippen LogP contribution is -2.50. The van der Waals surface area contributed by atoms with Gasteiger partial charge in [-0.2, -0.15) is 44.8 Å². The van der Waals surface area contributed by atoms with Gasteiger partial charge in [0, 0.05) is 5.56 Å². The number of amides is 1. The van der Waals surface area contributed by atoms with E-state index in [0.717, 1.165) is 6.07 Å². The van der Waals surface area contributed by atoms with Crippen molar-refractivity contribution in [2.24, 2.45) is 0 Å². The number of aryl methyl sites for hydroxylation is 1. The molecule has 0 fully saturated rings. The Labute approximate surface area is 182 Å². The third-order valence-electron chi connectivity index (χ3n) is 4.60. The third kappa shape index (κ3) is 4.44. The Morgan fingerprint density at radius 1 is 0.971 bits per heavy atom. The quantitative estimate of drug-likeness (QED) is 0.388. The van der Waals surface area contributed by atoms with Crippen molar-refractivity contribution in [1.29, 1.82) is 5.26 Å². The molecule has 0 heterocycles. The number of alkyl halides is 10. The molecule has 0 saturated carbocycles. The van der Waals surface area contributed by atoms with Crippen LogP contribution >= 0.6 is 0 Å². The smallest absolute Gasteiger partial charge is 0.395 e. The Morgan fingerprint density at radius 3 is 1.94 bits per heavy atom. The van der Waals surface area contributed by atoms with Gasteiger partial charge in [-0.1, -0.05) is 6.07 Å². The van der Waals surface area contributed by atoms with E-state index in [1.165, 1.54) is 6.07 Å². The molecular formula is C19H10F11N3O. The average Bonchev–Trinajstić information content (AvgIpc) is 2.67. The Morgan fingerprint density at radius 2 is 1.50 bits per heavy atom. The van der Waals surface area contributed by atoms with E-state index in [2.05, 4.69) is 0 Å². The van der Waals surface area contributed by atoms with Gasteiger partial charge >= 0.3 is 24.2 Å². The van der Waals surface area contributed by atoms with E-state index in [-0.39, 0.29) is 6.07 Å². The summed E-state index contributed by atoms with van der Waals surface area (Å²) in [5, 5.41) is 10.3. The second kappa shape index (κ2) is 8.33. The number of rotatable bonds is 3. The number of carbonyl (C=O) groups is 1. The van der Waals surface area contributed by atoms with Crippen LogP contribution in [0.25, 0.3) is 0 Å². The summed E-state index contributed by atoms with van der Waals surface area (Å²) in [5.74, 6) is -3.15. The minimum Gasteiger partial charge on any atom is -0.395 e. The van der Waals surface area contributed by atoms with Gasteiger partial charge in [0.25, 0.3) is 5.91 Å². The van der Waals surface area contributed by atoms with Gasteiger partial charge in [0.15, 0.2) is 5.82 Å². The zero-order valence-electron chi connectivity index (χ0n) is 16.4. The molecule has 0 aliphatic carbocycles. The monoisotopic (exact) mass is 505 g/mol. The van der Waals surface area contributed by atoms with Crippen molar-refractivity contribution >= 4 is 17.3 Å². The summed E-state index contributed by atoms with van der Waals surface area (Å²) in [6.45, 7) is 0.574. The fourth-order valence-electron chi connectivity index (χ4n) is 2.91. The molecular weight excluding hydrogens is 495 g/mol. The first-order valence-corrected chi connectivity index (χ1v) is 8.61. The van der Waals surface area contributed by atoms with E-state index in [0.29, 0.717) is 13.0 Å². The van der Waals surface area contributed by atoms with Crippen LogP contribution in [-0.2, 0) is 11.8 Å². The number of hydrogen-bond acceptors (Lipinski definition) is 3. The lowest BCUT2D eigenvalue weighted by Gasteiger charge is -2.31. The molecule has 0 aromatic heterocycles. The number of nitrogens with zero attached hydrogens (tertiary/aromatic N) is 1. The highest BCUT2D eigenvalue weighted by atomic mass is 19.4. The van der Waals surface area contributed by atoms with E-state index < -0.39 is 81.2 Å². The van der Waals surface area contributed by atoms with Gasteiger partial charge in [-0.3, -0.25) is 4.79 Å². The Kier molecular flexibility index (Phi) is 6.54. The van der Waals surface area contributed by atoms with Crippen LogP contribution in [0.4, 0.5) is 59.7 Å². The summed E-state index contributed by atoms with van der Waals surface area (Å²) >= 11 is 0. The van der Waals surface area contributed by atoms with E-state index >= 15 is 0 Å². The number of hydrogen-bond donors (Lipinski definition) is 2. The van der Waals surface area contributed by atoms with Gasteiger partial charge in [-0.25, -0.2) is 8.78 Å². The Bertz CT molecular complexity index is 1160. The number of nitrogens with one attached hydrogen (secondary N) is 1. The molecule has 34 heavy (non-hydrogen) atoms. The molecule has 0 spiro atoms. The molecule has 1 amide bonds. The van der Waals surface area contributed by atoms with E-state index in [1.54, 1.807) is 5.32 Å². The normalized spacial score (nSPS) is 12.9. The van der Waals surface area contributed by atoms with Crippen LogP contribution in [0.2, 0.25) is 0 Å². The number of nitriles is 1.